The Hall–Kier alpha value is -2.85. The highest BCUT2D eigenvalue weighted by molar-refractivity contribution is 6.33. The molecule has 2 aliphatic rings. The van der Waals surface area contributed by atoms with Crippen LogP contribution in [0.15, 0.2) is 42.5 Å². The van der Waals surface area contributed by atoms with E-state index in [-0.39, 0.29) is 19.3 Å². The molecule has 4 rings (SSSR count). The van der Waals surface area contributed by atoms with Gasteiger partial charge < -0.3 is 35.4 Å². The third-order valence-corrected chi connectivity index (χ3v) is 7.97. The van der Waals surface area contributed by atoms with Crippen LogP contribution in [0.2, 0.25) is 5.02 Å². The van der Waals surface area contributed by atoms with Gasteiger partial charge in [0.05, 0.1) is 18.8 Å². The van der Waals surface area contributed by atoms with Crippen molar-refractivity contribution in [2.75, 3.05) is 40.0 Å². The van der Waals surface area contributed by atoms with Gasteiger partial charge in [-0.15, -0.1) is 0 Å². The molecule has 0 saturated carbocycles. The summed E-state index contributed by atoms with van der Waals surface area (Å²) >= 11 is 6.85. The smallest absolute Gasteiger partial charge is 0.406 e. The lowest BCUT2D eigenvalue weighted by molar-refractivity contribution is -0.110. The minimum Gasteiger partial charge on any atom is -0.453 e. The minimum atomic E-state index is -0.748. The molecule has 2 saturated heterocycles. The number of urea groups is 1. The molecular formula is C29H39ClN4O5. The van der Waals surface area contributed by atoms with Crippen LogP contribution in [0.25, 0.3) is 11.1 Å². The van der Waals surface area contributed by atoms with Crippen LogP contribution in [-0.2, 0) is 15.1 Å². The molecule has 2 aromatic carbocycles. The van der Waals surface area contributed by atoms with E-state index in [1.807, 2.05) is 37.3 Å². The van der Waals surface area contributed by atoms with E-state index in [4.69, 9.17) is 26.8 Å². The van der Waals surface area contributed by atoms with Crippen molar-refractivity contribution in [1.82, 2.24) is 15.1 Å². The van der Waals surface area contributed by atoms with Crippen molar-refractivity contribution < 1.29 is 24.2 Å². The number of nitrogens with zero attached hydrogens (tertiary/aromatic N) is 2. The summed E-state index contributed by atoms with van der Waals surface area (Å²) in [6, 6.07) is 13.5. The molecule has 4 N–H and O–H groups in total. The van der Waals surface area contributed by atoms with Gasteiger partial charge in [-0.05, 0) is 56.2 Å². The van der Waals surface area contributed by atoms with Crippen molar-refractivity contribution in [1.29, 1.82) is 0 Å². The van der Waals surface area contributed by atoms with Crippen molar-refractivity contribution in [3.63, 3.8) is 0 Å². The van der Waals surface area contributed by atoms with Gasteiger partial charge in [-0.25, -0.2) is 9.59 Å². The zero-order valence-corrected chi connectivity index (χ0v) is 23.5. The topological polar surface area (TPSA) is 117 Å². The molecule has 39 heavy (non-hydrogen) atoms. The quantitative estimate of drug-likeness (QED) is 0.457. The number of rotatable bonds is 6. The lowest BCUT2D eigenvalue weighted by Crippen LogP contribution is -2.47. The number of hydrogen-bond acceptors (Lipinski definition) is 6. The second-order valence-corrected chi connectivity index (χ2v) is 10.9. The fourth-order valence-electron chi connectivity index (χ4n) is 5.55. The van der Waals surface area contributed by atoms with Crippen molar-refractivity contribution in [3.05, 3.63) is 58.6 Å². The maximum absolute atomic E-state index is 13.4. The van der Waals surface area contributed by atoms with Gasteiger partial charge in [-0.2, -0.15) is 0 Å². The van der Waals surface area contributed by atoms with Crippen LogP contribution in [0, 0.1) is 6.92 Å². The molecule has 2 fully saturated rings. The second-order valence-electron chi connectivity index (χ2n) is 10.5. The number of benzene rings is 2. The molecule has 0 bridgehead atoms. The largest absolute Gasteiger partial charge is 0.453 e. The minimum absolute atomic E-state index is 0.0882. The molecule has 0 aliphatic carbocycles. The predicted molar refractivity (Wildman–Crippen MR) is 150 cm³/mol. The number of nitrogens with two attached hydrogens (primary N) is 1. The number of alkyl carbamates (subject to hydrolysis) is 1. The first-order valence-electron chi connectivity index (χ1n) is 13.5. The Kier molecular flexibility index (Phi) is 9.71. The number of halogens is 1. The number of aliphatic hydroxyl groups excluding tert-OH is 1. The molecule has 2 heterocycles. The third kappa shape index (κ3) is 6.84. The summed E-state index contributed by atoms with van der Waals surface area (Å²) in [4.78, 5) is 28.3. The number of amides is 3. The molecule has 0 aromatic heterocycles. The SMILES string of the molecule is COC(=O)NCCC[C@@]1(c2cccc(Cl)c2-c2cccc(C)c2)CCCCN(C(=O)N2C[C@@H](N)[C@@H](O)C2)CO1. The highest BCUT2D eigenvalue weighted by atomic mass is 35.5. The third-order valence-electron chi connectivity index (χ3n) is 7.65. The van der Waals surface area contributed by atoms with Gasteiger partial charge in [-0.1, -0.05) is 53.6 Å². The van der Waals surface area contributed by atoms with E-state index >= 15 is 0 Å². The fraction of sp³-hybridized carbons (Fsp3) is 0.517. The average molecular weight is 559 g/mol. The molecule has 3 atom stereocenters. The standard InChI is InChI=1S/C29H39ClN4O5/c1-20-8-5-9-21(16-20)26-22(10-6-11-23(26)30)29(13-7-14-32-27(36)38-2)12-3-4-15-33(19-39-29)28(37)34-17-24(31)25(35)18-34/h5-6,8-11,16,24-25,35H,3-4,7,12-15,17-19,31H2,1-2H3,(H,32,36)/t24-,25+,29-/m1/s1. The first-order valence-corrected chi connectivity index (χ1v) is 13.9. The Morgan fingerprint density at radius 3 is 2.72 bits per heavy atom. The Morgan fingerprint density at radius 1 is 1.21 bits per heavy atom. The Balaban J connectivity index is 1.67. The maximum atomic E-state index is 13.4. The highest BCUT2D eigenvalue weighted by Gasteiger charge is 2.39. The zero-order valence-electron chi connectivity index (χ0n) is 22.7. The summed E-state index contributed by atoms with van der Waals surface area (Å²) in [6.45, 7) is 3.64. The summed E-state index contributed by atoms with van der Waals surface area (Å²) < 4.78 is 11.5. The number of methoxy groups -OCH3 is 1. The lowest BCUT2D eigenvalue weighted by Gasteiger charge is -2.41. The van der Waals surface area contributed by atoms with Gasteiger partial charge in [0, 0.05) is 42.8 Å². The number of carbonyl (C=O) groups excluding carboxylic acids is 2. The molecule has 212 valence electrons. The monoisotopic (exact) mass is 558 g/mol. The van der Waals surface area contributed by atoms with E-state index in [1.54, 1.807) is 9.80 Å². The van der Waals surface area contributed by atoms with Crippen LogP contribution < -0.4 is 11.1 Å². The molecule has 9 nitrogen and oxygen atoms in total. The Labute approximate surface area is 235 Å². The zero-order chi connectivity index (χ0) is 28.0. The first kappa shape index (κ1) is 29.1. The van der Waals surface area contributed by atoms with Gasteiger partial charge in [0.15, 0.2) is 0 Å². The number of ether oxygens (including phenoxy) is 2. The van der Waals surface area contributed by atoms with Crippen molar-refractivity contribution in [2.24, 2.45) is 5.73 Å². The van der Waals surface area contributed by atoms with E-state index < -0.39 is 23.8 Å². The van der Waals surface area contributed by atoms with Crippen LogP contribution in [0.3, 0.4) is 0 Å². The van der Waals surface area contributed by atoms with E-state index in [0.29, 0.717) is 37.5 Å². The summed E-state index contributed by atoms with van der Waals surface area (Å²) in [7, 11) is 1.34. The van der Waals surface area contributed by atoms with Crippen LogP contribution in [0.5, 0.6) is 0 Å². The number of β-amino-alcohol motifs (C(OH)–C–C–N with tert-alkyl or cyclic N) is 1. The average Bonchev–Trinajstić information content (AvgIpc) is 3.25. The van der Waals surface area contributed by atoms with Crippen LogP contribution in [0.4, 0.5) is 9.59 Å². The van der Waals surface area contributed by atoms with Gasteiger partial charge in [0.2, 0.25) is 0 Å². The molecule has 2 aromatic rings. The van der Waals surface area contributed by atoms with Crippen molar-refractivity contribution in [3.8, 4) is 11.1 Å². The van der Waals surface area contributed by atoms with Crippen molar-refractivity contribution >= 4 is 23.7 Å². The summed E-state index contributed by atoms with van der Waals surface area (Å²) in [5.41, 5.74) is 9.21. The molecular weight excluding hydrogens is 520 g/mol. The van der Waals surface area contributed by atoms with Gasteiger partial charge in [0.25, 0.3) is 0 Å². The summed E-state index contributed by atoms with van der Waals surface area (Å²) in [5, 5.41) is 13.5. The number of carbonyl (C=O) groups is 2. The van der Waals surface area contributed by atoms with Crippen LogP contribution in [0.1, 0.15) is 43.2 Å². The van der Waals surface area contributed by atoms with Crippen LogP contribution >= 0.6 is 11.6 Å². The first-order chi connectivity index (χ1) is 18.7. The van der Waals surface area contributed by atoms with E-state index in [1.165, 1.54) is 7.11 Å². The highest BCUT2D eigenvalue weighted by Crippen LogP contribution is 2.45. The van der Waals surface area contributed by atoms with E-state index in [2.05, 4.69) is 17.4 Å². The second kappa shape index (κ2) is 13.0. The molecule has 10 heteroatoms. The molecule has 0 spiro atoms. The summed E-state index contributed by atoms with van der Waals surface area (Å²) in [6.07, 6.45) is 2.40. The fourth-order valence-corrected chi connectivity index (χ4v) is 5.83. The predicted octanol–water partition coefficient (Wildman–Crippen LogP) is 4.23. The van der Waals surface area contributed by atoms with Crippen molar-refractivity contribution in [2.45, 2.75) is 56.8 Å². The molecule has 3 amide bonds. The van der Waals surface area contributed by atoms with E-state index in [9.17, 15) is 14.7 Å². The molecule has 2 aliphatic heterocycles. The van der Waals surface area contributed by atoms with Gasteiger partial charge >= 0.3 is 12.1 Å². The number of aryl methyl sites for hydroxylation is 1. The normalized spacial score (nSPS) is 23.7. The molecule has 0 unspecified atom stereocenters. The molecule has 0 radical (unpaired) electrons. The Morgan fingerprint density at radius 2 is 2.00 bits per heavy atom. The number of nitrogens with one attached hydrogen (secondary N) is 1. The lowest BCUT2D eigenvalue weighted by atomic mass is 9.79. The van der Waals surface area contributed by atoms with E-state index in [0.717, 1.165) is 41.5 Å². The number of likely N-dealkylation sites (tertiary alicyclic amines) is 1. The maximum Gasteiger partial charge on any atom is 0.406 e. The Bertz CT molecular complexity index is 1150. The van der Waals surface area contributed by atoms with Gasteiger partial charge in [-0.3, -0.25) is 0 Å². The van der Waals surface area contributed by atoms with Gasteiger partial charge in [0.1, 0.15) is 6.73 Å². The van der Waals surface area contributed by atoms with Crippen LogP contribution in [-0.4, -0.2) is 79.2 Å². The summed E-state index contributed by atoms with van der Waals surface area (Å²) in [5.74, 6) is 0. The number of hydrogen-bond donors (Lipinski definition) is 3. The number of aliphatic hydroxyl groups is 1.